The smallest absolute Gasteiger partial charge is 0.337 e. The summed E-state index contributed by atoms with van der Waals surface area (Å²) in [7, 11) is 0. The SMILES string of the molecule is Cc1cccc([N+](=O)[O-])c1-c1c(C)sc(C)c1C(=O)O. The van der Waals surface area contributed by atoms with Crippen LogP contribution in [0, 0.1) is 30.9 Å². The second-order valence-electron chi connectivity index (χ2n) is 4.50. The Labute approximate surface area is 119 Å². The van der Waals surface area contributed by atoms with E-state index in [9.17, 15) is 20.0 Å². The van der Waals surface area contributed by atoms with E-state index < -0.39 is 10.9 Å². The van der Waals surface area contributed by atoms with Crippen LogP contribution in [0.3, 0.4) is 0 Å². The molecule has 104 valence electrons. The van der Waals surface area contributed by atoms with E-state index in [2.05, 4.69) is 0 Å². The molecule has 1 heterocycles. The van der Waals surface area contributed by atoms with Crippen LogP contribution >= 0.6 is 11.3 Å². The van der Waals surface area contributed by atoms with E-state index in [1.807, 2.05) is 0 Å². The number of carbonyl (C=O) groups is 1. The van der Waals surface area contributed by atoms with Crippen LogP contribution in [0.1, 0.15) is 25.7 Å². The number of hydrogen-bond acceptors (Lipinski definition) is 4. The van der Waals surface area contributed by atoms with Crippen molar-refractivity contribution in [2.45, 2.75) is 20.8 Å². The molecule has 20 heavy (non-hydrogen) atoms. The average molecular weight is 291 g/mol. The molecule has 1 N–H and O–H groups in total. The zero-order valence-corrected chi connectivity index (χ0v) is 12.1. The lowest BCUT2D eigenvalue weighted by Gasteiger charge is -2.08. The van der Waals surface area contributed by atoms with Crippen LogP contribution in [0.25, 0.3) is 11.1 Å². The minimum absolute atomic E-state index is 0.0617. The fourth-order valence-electron chi connectivity index (χ4n) is 2.37. The molecule has 0 spiro atoms. The topological polar surface area (TPSA) is 80.4 Å². The van der Waals surface area contributed by atoms with Gasteiger partial charge in [0, 0.05) is 21.4 Å². The molecule has 1 aromatic heterocycles. The highest BCUT2D eigenvalue weighted by Gasteiger charge is 2.27. The highest BCUT2D eigenvalue weighted by Crippen LogP contribution is 2.41. The van der Waals surface area contributed by atoms with Crippen molar-refractivity contribution in [3.8, 4) is 11.1 Å². The van der Waals surface area contributed by atoms with E-state index in [0.29, 0.717) is 21.6 Å². The molecule has 0 bridgehead atoms. The third kappa shape index (κ3) is 2.18. The largest absolute Gasteiger partial charge is 0.478 e. The Morgan fingerprint density at radius 2 is 1.85 bits per heavy atom. The van der Waals surface area contributed by atoms with E-state index in [4.69, 9.17) is 0 Å². The first-order valence-corrected chi connectivity index (χ1v) is 6.74. The van der Waals surface area contributed by atoms with Crippen LogP contribution in [0.15, 0.2) is 18.2 Å². The fourth-order valence-corrected chi connectivity index (χ4v) is 3.43. The third-order valence-electron chi connectivity index (χ3n) is 3.17. The van der Waals surface area contributed by atoms with Gasteiger partial charge < -0.3 is 5.11 Å². The summed E-state index contributed by atoms with van der Waals surface area (Å²) in [6.07, 6.45) is 0. The average Bonchev–Trinajstić information content (AvgIpc) is 2.63. The van der Waals surface area contributed by atoms with Crippen molar-refractivity contribution in [2.75, 3.05) is 0 Å². The van der Waals surface area contributed by atoms with Gasteiger partial charge in [-0.05, 0) is 26.3 Å². The van der Waals surface area contributed by atoms with Gasteiger partial charge in [0.25, 0.3) is 5.69 Å². The first-order chi connectivity index (χ1) is 9.34. The lowest BCUT2D eigenvalue weighted by molar-refractivity contribution is -0.384. The Balaban J connectivity index is 2.89. The molecule has 1 aromatic carbocycles. The Kier molecular flexibility index (Phi) is 3.59. The van der Waals surface area contributed by atoms with Crippen molar-refractivity contribution in [3.05, 3.63) is 49.2 Å². The normalized spacial score (nSPS) is 10.6. The predicted octanol–water partition coefficient (Wildman–Crippen LogP) is 3.95. The molecule has 5 nitrogen and oxygen atoms in total. The molecule has 0 aliphatic heterocycles. The molecule has 0 aliphatic rings. The van der Waals surface area contributed by atoms with Gasteiger partial charge >= 0.3 is 5.97 Å². The Morgan fingerprint density at radius 3 is 2.40 bits per heavy atom. The van der Waals surface area contributed by atoms with Gasteiger partial charge in [0.1, 0.15) is 0 Å². The maximum absolute atomic E-state index is 11.5. The van der Waals surface area contributed by atoms with Crippen LogP contribution < -0.4 is 0 Å². The lowest BCUT2D eigenvalue weighted by atomic mass is 9.95. The van der Waals surface area contributed by atoms with Crippen LogP contribution in [0.5, 0.6) is 0 Å². The van der Waals surface area contributed by atoms with E-state index in [-0.39, 0.29) is 11.3 Å². The first kappa shape index (κ1) is 14.2. The number of carboxylic acids is 1. The van der Waals surface area contributed by atoms with Gasteiger partial charge in [0.15, 0.2) is 0 Å². The lowest BCUT2D eigenvalue weighted by Crippen LogP contribution is -2.02. The van der Waals surface area contributed by atoms with Crippen molar-refractivity contribution in [1.82, 2.24) is 0 Å². The van der Waals surface area contributed by atoms with Gasteiger partial charge in [-0.2, -0.15) is 0 Å². The number of nitro benzene ring substituents is 1. The molecular formula is C14H13NO4S. The van der Waals surface area contributed by atoms with E-state index in [1.165, 1.54) is 17.4 Å². The van der Waals surface area contributed by atoms with Gasteiger partial charge in [-0.3, -0.25) is 10.1 Å². The highest BCUT2D eigenvalue weighted by molar-refractivity contribution is 7.12. The maximum atomic E-state index is 11.5. The summed E-state index contributed by atoms with van der Waals surface area (Å²) in [6.45, 7) is 5.25. The van der Waals surface area contributed by atoms with Gasteiger partial charge in [-0.15, -0.1) is 11.3 Å². The Hall–Kier alpha value is -2.21. The van der Waals surface area contributed by atoms with Crippen molar-refractivity contribution in [3.63, 3.8) is 0 Å². The number of nitrogens with zero attached hydrogens (tertiary/aromatic N) is 1. The second kappa shape index (κ2) is 5.05. The van der Waals surface area contributed by atoms with E-state index >= 15 is 0 Å². The molecule has 2 aromatic rings. The molecule has 0 amide bonds. The summed E-state index contributed by atoms with van der Waals surface area (Å²) in [5, 5.41) is 20.6. The number of carboxylic acid groups (broad SMARTS) is 1. The van der Waals surface area contributed by atoms with E-state index in [1.54, 1.807) is 32.9 Å². The molecule has 0 fully saturated rings. The number of benzene rings is 1. The predicted molar refractivity (Wildman–Crippen MR) is 77.6 cm³/mol. The molecule has 0 atom stereocenters. The zero-order chi connectivity index (χ0) is 15.0. The molecule has 2 rings (SSSR count). The summed E-state index contributed by atoms with van der Waals surface area (Å²) in [6, 6.07) is 4.76. The molecule has 6 heteroatoms. The van der Waals surface area contributed by atoms with Gasteiger partial charge in [-0.25, -0.2) is 4.79 Å². The summed E-state index contributed by atoms with van der Waals surface area (Å²) >= 11 is 1.34. The fraction of sp³-hybridized carbons (Fsp3) is 0.214. The van der Waals surface area contributed by atoms with Crippen LogP contribution in [-0.4, -0.2) is 16.0 Å². The standard InChI is InChI=1S/C14H13NO4S/c1-7-5-4-6-10(15(18)19)11(7)12-8(2)20-9(3)13(12)14(16)17/h4-6H,1-3H3,(H,16,17). The summed E-state index contributed by atoms with van der Waals surface area (Å²) in [4.78, 5) is 23.6. The monoisotopic (exact) mass is 291 g/mol. The quantitative estimate of drug-likeness (QED) is 0.686. The molecular weight excluding hydrogens is 278 g/mol. The number of aromatic carboxylic acids is 1. The van der Waals surface area contributed by atoms with Crippen molar-refractivity contribution >= 4 is 23.0 Å². The van der Waals surface area contributed by atoms with Crippen LogP contribution in [0.2, 0.25) is 0 Å². The van der Waals surface area contributed by atoms with Crippen molar-refractivity contribution in [1.29, 1.82) is 0 Å². The molecule has 0 saturated carbocycles. The van der Waals surface area contributed by atoms with Gasteiger partial charge in [0.05, 0.1) is 16.1 Å². The highest BCUT2D eigenvalue weighted by atomic mass is 32.1. The van der Waals surface area contributed by atoms with Crippen molar-refractivity contribution < 1.29 is 14.8 Å². The Morgan fingerprint density at radius 1 is 1.20 bits per heavy atom. The third-order valence-corrected chi connectivity index (χ3v) is 4.19. The number of rotatable bonds is 3. The molecule has 0 saturated heterocycles. The summed E-state index contributed by atoms with van der Waals surface area (Å²) in [5.41, 5.74) is 1.66. The minimum Gasteiger partial charge on any atom is -0.478 e. The number of hydrogen-bond donors (Lipinski definition) is 1. The zero-order valence-electron chi connectivity index (χ0n) is 11.3. The minimum atomic E-state index is -1.06. The van der Waals surface area contributed by atoms with Crippen LogP contribution in [-0.2, 0) is 0 Å². The molecule has 0 radical (unpaired) electrons. The maximum Gasteiger partial charge on any atom is 0.337 e. The number of aryl methyl sites for hydroxylation is 3. The van der Waals surface area contributed by atoms with Gasteiger partial charge in [0.2, 0.25) is 0 Å². The second-order valence-corrected chi connectivity index (χ2v) is 5.92. The first-order valence-electron chi connectivity index (χ1n) is 5.92. The summed E-state index contributed by atoms with van der Waals surface area (Å²) < 4.78 is 0. The number of nitro groups is 1. The van der Waals surface area contributed by atoms with Crippen LogP contribution in [0.4, 0.5) is 5.69 Å². The summed E-state index contributed by atoms with van der Waals surface area (Å²) in [5.74, 6) is -1.06. The van der Waals surface area contributed by atoms with E-state index in [0.717, 1.165) is 4.88 Å². The number of thiophene rings is 1. The van der Waals surface area contributed by atoms with Crippen molar-refractivity contribution in [2.24, 2.45) is 0 Å². The van der Waals surface area contributed by atoms with Gasteiger partial charge in [-0.1, -0.05) is 12.1 Å². The Bertz CT molecular complexity index is 718. The molecule has 0 aliphatic carbocycles. The molecule has 0 unspecified atom stereocenters.